The highest BCUT2D eigenvalue weighted by molar-refractivity contribution is 5.61. The second-order valence-corrected chi connectivity index (χ2v) is 7.01. The molecule has 0 aliphatic rings. The Morgan fingerprint density at radius 3 is 1.64 bits per heavy atom. The Morgan fingerprint density at radius 2 is 1.28 bits per heavy atom. The van der Waals surface area contributed by atoms with Gasteiger partial charge < -0.3 is 4.90 Å². The lowest BCUT2D eigenvalue weighted by molar-refractivity contribution is 0.494. The van der Waals surface area contributed by atoms with Crippen molar-refractivity contribution in [2.75, 3.05) is 4.90 Å². The van der Waals surface area contributed by atoms with Gasteiger partial charge in [-0.2, -0.15) is 10.2 Å². The molecule has 0 aliphatic heterocycles. The third kappa shape index (κ3) is 3.92. The van der Waals surface area contributed by atoms with E-state index >= 15 is 0 Å². The van der Waals surface area contributed by atoms with Gasteiger partial charge in [0.05, 0.1) is 0 Å². The molecule has 0 spiro atoms. The lowest BCUT2D eigenvalue weighted by Crippen LogP contribution is -2.31. The number of hydrogen-bond donors (Lipinski definition) is 0. The van der Waals surface area contributed by atoms with E-state index in [0.717, 1.165) is 0 Å². The first kappa shape index (κ1) is 17.3. The minimum Gasteiger partial charge on any atom is -0.332 e. The molecule has 3 aromatic rings. The summed E-state index contributed by atoms with van der Waals surface area (Å²) in [5.74, 6) is 0.901. The van der Waals surface area contributed by atoms with Crippen LogP contribution in [0.2, 0.25) is 0 Å². The molecular weight excluding hydrogens is 310 g/mol. The molecule has 2 heterocycles. The van der Waals surface area contributed by atoms with Gasteiger partial charge >= 0.3 is 0 Å². The zero-order valence-corrected chi connectivity index (χ0v) is 15.5. The van der Waals surface area contributed by atoms with Crippen molar-refractivity contribution in [3.05, 3.63) is 66.2 Å². The SMILES string of the molecule is CC(C)c1cccc(C(C)C)c1N(Cn1cccn1)Cn1cccn1. The van der Waals surface area contributed by atoms with E-state index < -0.39 is 0 Å². The second-order valence-electron chi connectivity index (χ2n) is 7.01. The first-order chi connectivity index (χ1) is 12.1. The molecule has 0 saturated heterocycles. The summed E-state index contributed by atoms with van der Waals surface area (Å²) in [4.78, 5) is 2.37. The third-order valence-corrected chi connectivity index (χ3v) is 4.41. The largest absolute Gasteiger partial charge is 0.332 e. The number of nitrogens with zero attached hydrogens (tertiary/aromatic N) is 5. The molecule has 0 aliphatic carbocycles. The zero-order chi connectivity index (χ0) is 17.8. The molecule has 0 amide bonds. The Hall–Kier alpha value is -2.56. The predicted octanol–water partition coefficient (Wildman–Crippen LogP) is 4.45. The average Bonchev–Trinajstić information content (AvgIpc) is 3.27. The molecule has 0 bridgehead atoms. The average molecular weight is 337 g/mol. The highest BCUT2D eigenvalue weighted by Crippen LogP contribution is 2.35. The Morgan fingerprint density at radius 1 is 0.800 bits per heavy atom. The Balaban J connectivity index is 2.07. The number of hydrogen-bond acceptors (Lipinski definition) is 3. The maximum absolute atomic E-state index is 4.41. The molecule has 0 saturated carbocycles. The van der Waals surface area contributed by atoms with Gasteiger partial charge in [-0.1, -0.05) is 45.9 Å². The number of aromatic nitrogens is 4. The van der Waals surface area contributed by atoms with Gasteiger partial charge in [0.25, 0.3) is 0 Å². The van der Waals surface area contributed by atoms with Crippen molar-refractivity contribution >= 4 is 5.69 Å². The Labute approximate surface area is 149 Å². The molecular formula is C20H27N5. The van der Waals surface area contributed by atoms with Crippen LogP contribution >= 0.6 is 0 Å². The first-order valence-corrected chi connectivity index (χ1v) is 8.89. The van der Waals surface area contributed by atoms with Crippen LogP contribution in [-0.2, 0) is 13.3 Å². The van der Waals surface area contributed by atoms with Crippen LogP contribution in [0.25, 0.3) is 0 Å². The van der Waals surface area contributed by atoms with E-state index in [9.17, 15) is 0 Å². The van der Waals surface area contributed by atoms with Gasteiger partial charge in [0, 0.05) is 30.5 Å². The van der Waals surface area contributed by atoms with Crippen LogP contribution in [0.15, 0.2) is 55.1 Å². The third-order valence-electron chi connectivity index (χ3n) is 4.41. The van der Waals surface area contributed by atoms with Gasteiger partial charge in [0.15, 0.2) is 0 Å². The molecule has 5 heteroatoms. The van der Waals surface area contributed by atoms with Gasteiger partial charge in [0.1, 0.15) is 13.3 Å². The highest BCUT2D eigenvalue weighted by Gasteiger charge is 2.20. The first-order valence-electron chi connectivity index (χ1n) is 8.89. The Kier molecular flexibility index (Phi) is 5.22. The van der Waals surface area contributed by atoms with Gasteiger partial charge in [0.2, 0.25) is 0 Å². The van der Waals surface area contributed by atoms with Crippen LogP contribution in [0, 0.1) is 0 Å². The number of para-hydroxylation sites is 1. The molecule has 0 radical (unpaired) electrons. The Bertz CT molecular complexity index is 710. The fourth-order valence-electron chi connectivity index (χ4n) is 3.18. The summed E-state index contributed by atoms with van der Waals surface area (Å²) in [5.41, 5.74) is 4.04. The van der Waals surface area contributed by atoms with E-state index in [4.69, 9.17) is 0 Å². The van der Waals surface area contributed by atoms with E-state index in [-0.39, 0.29) is 0 Å². The molecule has 3 rings (SSSR count). The van der Waals surface area contributed by atoms with Crippen LogP contribution in [-0.4, -0.2) is 19.6 Å². The van der Waals surface area contributed by atoms with Crippen molar-refractivity contribution in [3.63, 3.8) is 0 Å². The van der Waals surface area contributed by atoms with Crippen LogP contribution in [0.5, 0.6) is 0 Å². The lowest BCUT2D eigenvalue weighted by atomic mass is 9.92. The molecule has 0 N–H and O–H groups in total. The van der Waals surface area contributed by atoms with Crippen LogP contribution in [0.4, 0.5) is 5.69 Å². The molecule has 0 atom stereocenters. The van der Waals surface area contributed by atoms with Crippen molar-refractivity contribution in [3.8, 4) is 0 Å². The molecule has 25 heavy (non-hydrogen) atoms. The standard InChI is InChI=1S/C20H27N5/c1-16(2)18-8-5-9-19(17(3)4)20(18)23(14-24-12-6-10-21-24)15-25-13-7-11-22-25/h5-13,16-17H,14-15H2,1-4H3. The minimum atomic E-state index is 0.450. The van der Waals surface area contributed by atoms with Gasteiger partial charge in [-0.05, 0) is 35.1 Å². The van der Waals surface area contributed by atoms with E-state index in [1.54, 1.807) is 0 Å². The minimum absolute atomic E-state index is 0.450. The van der Waals surface area contributed by atoms with Crippen molar-refractivity contribution in [1.82, 2.24) is 19.6 Å². The number of rotatable bonds is 7. The summed E-state index contributed by atoms with van der Waals surface area (Å²) in [5, 5.41) is 8.81. The summed E-state index contributed by atoms with van der Waals surface area (Å²) in [6, 6.07) is 10.6. The maximum Gasteiger partial charge on any atom is 0.113 e. The molecule has 2 aromatic heterocycles. The van der Waals surface area contributed by atoms with E-state index in [1.165, 1.54) is 16.8 Å². The van der Waals surface area contributed by atoms with Gasteiger partial charge in [-0.25, -0.2) is 0 Å². The van der Waals surface area contributed by atoms with Crippen molar-refractivity contribution in [1.29, 1.82) is 0 Å². The molecule has 1 aromatic carbocycles. The number of anilines is 1. The summed E-state index contributed by atoms with van der Waals surface area (Å²) in [6.45, 7) is 10.4. The predicted molar refractivity (Wildman–Crippen MR) is 102 cm³/mol. The smallest absolute Gasteiger partial charge is 0.113 e. The molecule has 0 fully saturated rings. The number of benzene rings is 1. The molecule has 132 valence electrons. The van der Waals surface area contributed by atoms with Gasteiger partial charge in [-0.15, -0.1) is 0 Å². The van der Waals surface area contributed by atoms with Crippen molar-refractivity contribution < 1.29 is 0 Å². The summed E-state index contributed by atoms with van der Waals surface area (Å²) in [6.07, 6.45) is 7.65. The normalized spacial score (nSPS) is 11.4. The second kappa shape index (κ2) is 7.55. The zero-order valence-electron chi connectivity index (χ0n) is 15.5. The monoisotopic (exact) mass is 337 g/mol. The lowest BCUT2D eigenvalue weighted by Gasteiger charge is -2.31. The fourth-order valence-corrected chi connectivity index (χ4v) is 3.18. The van der Waals surface area contributed by atoms with Crippen LogP contribution in [0.3, 0.4) is 0 Å². The van der Waals surface area contributed by atoms with Crippen molar-refractivity contribution in [2.45, 2.75) is 52.9 Å². The summed E-state index contributed by atoms with van der Waals surface area (Å²) < 4.78 is 3.93. The quantitative estimate of drug-likeness (QED) is 0.639. The maximum atomic E-state index is 4.41. The van der Waals surface area contributed by atoms with E-state index in [1.807, 2.05) is 46.3 Å². The molecule has 5 nitrogen and oxygen atoms in total. The summed E-state index contributed by atoms with van der Waals surface area (Å²) >= 11 is 0. The fraction of sp³-hybridized carbons (Fsp3) is 0.400. The van der Waals surface area contributed by atoms with E-state index in [2.05, 4.69) is 61.0 Å². The van der Waals surface area contributed by atoms with Crippen LogP contribution < -0.4 is 4.90 Å². The summed E-state index contributed by atoms with van der Waals surface area (Å²) in [7, 11) is 0. The van der Waals surface area contributed by atoms with Gasteiger partial charge in [-0.3, -0.25) is 9.36 Å². The van der Waals surface area contributed by atoms with Crippen molar-refractivity contribution in [2.24, 2.45) is 0 Å². The highest BCUT2D eigenvalue weighted by atomic mass is 15.4. The topological polar surface area (TPSA) is 38.9 Å². The van der Waals surface area contributed by atoms with E-state index in [0.29, 0.717) is 25.2 Å². The van der Waals surface area contributed by atoms with Crippen LogP contribution in [0.1, 0.15) is 50.7 Å². The molecule has 0 unspecified atom stereocenters.